The van der Waals surface area contributed by atoms with Crippen molar-refractivity contribution in [3.05, 3.63) is 61.5 Å². The van der Waals surface area contributed by atoms with Crippen LogP contribution < -0.4 is 5.32 Å². The number of aryl methyl sites for hydroxylation is 1. The van der Waals surface area contributed by atoms with E-state index in [9.17, 15) is 4.79 Å². The molecule has 2 aromatic carbocycles. The highest BCUT2D eigenvalue weighted by Gasteiger charge is 2.10. The number of nitrogens with one attached hydrogen (secondary N) is 1. The zero-order valence-electron chi connectivity index (χ0n) is 10.0. The van der Waals surface area contributed by atoms with Gasteiger partial charge in [0.05, 0.1) is 10.7 Å². The Bertz CT molecular complexity index is 643. The Balaban J connectivity index is 2.25. The molecule has 0 fully saturated rings. The highest BCUT2D eigenvalue weighted by molar-refractivity contribution is 9.11. The molecule has 0 spiro atoms. The predicted octanol–water partition coefficient (Wildman–Crippen LogP) is 5.43. The third-order valence-corrected chi connectivity index (χ3v) is 4.48. The monoisotopic (exact) mass is 401 g/mol. The first kappa shape index (κ1) is 14.6. The van der Waals surface area contributed by atoms with Crippen LogP contribution in [0.5, 0.6) is 0 Å². The number of rotatable bonds is 2. The van der Waals surface area contributed by atoms with Crippen LogP contribution in [-0.4, -0.2) is 5.91 Å². The minimum absolute atomic E-state index is 0.194. The van der Waals surface area contributed by atoms with Crippen LogP contribution in [0.15, 0.2) is 45.3 Å². The van der Waals surface area contributed by atoms with Gasteiger partial charge in [-0.1, -0.05) is 17.7 Å². The van der Waals surface area contributed by atoms with Gasteiger partial charge in [-0.05, 0) is 74.7 Å². The summed E-state index contributed by atoms with van der Waals surface area (Å²) in [5.74, 6) is -0.194. The van der Waals surface area contributed by atoms with E-state index in [1.807, 2.05) is 25.1 Å². The van der Waals surface area contributed by atoms with E-state index in [0.29, 0.717) is 10.6 Å². The lowest BCUT2D eigenvalue weighted by molar-refractivity contribution is 0.102. The zero-order chi connectivity index (χ0) is 14.0. The first-order chi connectivity index (χ1) is 8.97. The molecule has 0 bridgehead atoms. The smallest absolute Gasteiger partial charge is 0.255 e. The SMILES string of the molecule is Cc1ccc(Br)c(NC(=O)c2ccc(Br)c(Cl)c2)c1. The van der Waals surface area contributed by atoms with Gasteiger partial charge in [0.1, 0.15) is 0 Å². The molecule has 0 saturated carbocycles. The fraction of sp³-hybridized carbons (Fsp3) is 0.0714. The maximum atomic E-state index is 12.1. The highest BCUT2D eigenvalue weighted by atomic mass is 79.9. The molecule has 2 nitrogen and oxygen atoms in total. The van der Waals surface area contributed by atoms with E-state index in [0.717, 1.165) is 20.2 Å². The summed E-state index contributed by atoms with van der Waals surface area (Å²) in [7, 11) is 0. The van der Waals surface area contributed by atoms with Crippen LogP contribution in [0.1, 0.15) is 15.9 Å². The Kier molecular flexibility index (Phi) is 4.66. The molecule has 1 N–H and O–H groups in total. The molecule has 0 unspecified atom stereocenters. The Hall–Kier alpha value is -0.840. The van der Waals surface area contributed by atoms with Crippen LogP contribution in [-0.2, 0) is 0 Å². The predicted molar refractivity (Wildman–Crippen MR) is 86.0 cm³/mol. The third-order valence-electron chi connectivity index (χ3n) is 2.55. The molecule has 0 aliphatic rings. The zero-order valence-corrected chi connectivity index (χ0v) is 13.9. The Labute approximate surface area is 133 Å². The van der Waals surface area contributed by atoms with Gasteiger partial charge in [-0.2, -0.15) is 0 Å². The lowest BCUT2D eigenvalue weighted by Crippen LogP contribution is -2.12. The molecule has 0 heterocycles. The third kappa shape index (κ3) is 3.59. The number of anilines is 1. The molecule has 98 valence electrons. The molecular weight excluding hydrogens is 393 g/mol. The molecule has 0 aromatic heterocycles. The average Bonchev–Trinajstić information content (AvgIpc) is 2.37. The number of amides is 1. The largest absolute Gasteiger partial charge is 0.321 e. The van der Waals surface area contributed by atoms with Gasteiger partial charge in [0.15, 0.2) is 0 Å². The summed E-state index contributed by atoms with van der Waals surface area (Å²) in [6.45, 7) is 1.97. The van der Waals surface area contributed by atoms with Crippen molar-refractivity contribution in [1.29, 1.82) is 0 Å². The van der Waals surface area contributed by atoms with Crippen LogP contribution in [0, 0.1) is 6.92 Å². The first-order valence-electron chi connectivity index (χ1n) is 5.50. The maximum Gasteiger partial charge on any atom is 0.255 e. The van der Waals surface area contributed by atoms with Gasteiger partial charge in [-0.3, -0.25) is 4.79 Å². The van der Waals surface area contributed by atoms with E-state index in [4.69, 9.17) is 11.6 Å². The molecule has 19 heavy (non-hydrogen) atoms. The van der Waals surface area contributed by atoms with Crippen LogP contribution >= 0.6 is 43.5 Å². The van der Waals surface area contributed by atoms with Gasteiger partial charge in [-0.15, -0.1) is 0 Å². The van der Waals surface area contributed by atoms with Gasteiger partial charge < -0.3 is 5.32 Å². The van der Waals surface area contributed by atoms with E-state index in [2.05, 4.69) is 37.2 Å². The topological polar surface area (TPSA) is 29.1 Å². The van der Waals surface area contributed by atoms with E-state index in [1.54, 1.807) is 18.2 Å². The summed E-state index contributed by atoms with van der Waals surface area (Å²) < 4.78 is 1.61. The van der Waals surface area contributed by atoms with Crippen molar-refractivity contribution in [2.45, 2.75) is 6.92 Å². The van der Waals surface area contributed by atoms with Crippen LogP contribution in [0.3, 0.4) is 0 Å². The lowest BCUT2D eigenvalue weighted by atomic mass is 10.2. The number of carbonyl (C=O) groups is 1. The molecule has 2 rings (SSSR count). The van der Waals surface area contributed by atoms with Crippen molar-refractivity contribution in [2.24, 2.45) is 0 Å². The molecule has 5 heteroatoms. The molecule has 0 aliphatic heterocycles. The van der Waals surface area contributed by atoms with Crippen molar-refractivity contribution >= 4 is 55.1 Å². The van der Waals surface area contributed by atoms with Gasteiger partial charge in [0, 0.05) is 14.5 Å². The van der Waals surface area contributed by atoms with Crippen molar-refractivity contribution in [3.63, 3.8) is 0 Å². The number of hydrogen-bond acceptors (Lipinski definition) is 1. The number of benzene rings is 2. The summed E-state index contributed by atoms with van der Waals surface area (Å²) in [4.78, 5) is 12.1. The van der Waals surface area contributed by atoms with Crippen LogP contribution in [0.2, 0.25) is 5.02 Å². The molecule has 1 amide bonds. The average molecular weight is 404 g/mol. The second kappa shape index (κ2) is 6.07. The Morgan fingerprint density at radius 2 is 1.79 bits per heavy atom. The quantitative estimate of drug-likeness (QED) is 0.712. The molecule has 2 aromatic rings. The van der Waals surface area contributed by atoms with E-state index in [-0.39, 0.29) is 5.91 Å². The van der Waals surface area contributed by atoms with E-state index < -0.39 is 0 Å². The molecule has 0 saturated heterocycles. The number of hydrogen-bond donors (Lipinski definition) is 1. The van der Waals surface area contributed by atoms with Crippen molar-refractivity contribution in [1.82, 2.24) is 0 Å². The van der Waals surface area contributed by atoms with Crippen LogP contribution in [0.4, 0.5) is 5.69 Å². The summed E-state index contributed by atoms with van der Waals surface area (Å²) in [5, 5.41) is 3.36. The minimum Gasteiger partial charge on any atom is -0.321 e. The van der Waals surface area contributed by atoms with Gasteiger partial charge >= 0.3 is 0 Å². The van der Waals surface area contributed by atoms with Gasteiger partial charge in [-0.25, -0.2) is 0 Å². The standard InChI is InChI=1S/C14H10Br2ClNO/c1-8-2-4-11(16)13(6-8)18-14(19)9-3-5-10(15)12(17)7-9/h2-7H,1H3,(H,18,19). The first-order valence-corrected chi connectivity index (χ1v) is 7.46. The normalized spacial score (nSPS) is 10.3. The highest BCUT2D eigenvalue weighted by Crippen LogP contribution is 2.26. The summed E-state index contributed by atoms with van der Waals surface area (Å²) in [6.07, 6.45) is 0. The Morgan fingerprint density at radius 3 is 2.47 bits per heavy atom. The second-order valence-corrected chi connectivity index (χ2v) is 6.18. The number of halogens is 3. The van der Waals surface area contributed by atoms with Crippen LogP contribution in [0.25, 0.3) is 0 Å². The minimum atomic E-state index is -0.194. The maximum absolute atomic E-state index is 12.1. The van der Waals surface area contributed by atoms with E-state index in [1.165, 1.54) is 0 Å². The molecule has 0 aliphatic carbocycles. The summed E-state index contributed by atoms with van der Waals surface area (Å²) >= 11 is 12.7. The van der Waals surface area contributed by atoms with Crippen molar-refractivity contribution in [2.75, 3.05) is 5.32 Å². The number of carbonyl (C=O) groups excluding carboxylic acids is 1. The van der Waals surface area contributed by atoms with Gasteiger partial charge in [0.25, 0.3) is 5.91 Å². The second-order valence-electron chi connectivity index (χ2n) is 4.07. The fourth-order valence-electron chi connectivity index (χ4n) is 1.57. The van der Waals surface area contributed by atoms with Crippen molar-refractivity contribution in [3.8, 4) is 0 Å². The molecular formula is C14H10Br2ClNO. The summed E-state index contributed by atoms with van der Waals surface area (Å²) in [5.41, 5.74) is 2.33. The Morgan fingerprint density at radius 1 is 1.11 bits per heavy atom. The molecule has 0 radical (unpaired) electrons. The molecule has 0 atom stereocenters. The summed E-state index contributed by atoms with van der Waals surface area (Å²) in [6, 6.07) is 10.9. The fourth-order valence-corrected chi connectivity index (χ4v) is 2.34. The van der Waals surface area contributed by atoms with Gasteiger partial charge in [0.2, 0.25) is 0 Å². The lowest BCUT2D eigenvalue weighted by Gasteiger charge is -2.09. The van der Waals surface area contributed by atoms with Crippen molar-refractivity contribution < 1.29 is 4.79 Å². The van der Waals surface area contributed by atoms with E-state index >= 15 is 0 Å².